The van der Waals surface area contributed by atoms with Gasteiger partial charge in [0.1, 0.15) is 5.82 Å². The lowest BCUT2D eigenvalue weighted by Gasteiger charge is -2.17. The van der Waals surface area contributed by atoms with Crippen molar-refractivity contribution >= 4 is 21.5 Å². The lowest BCUT2D eigenvalue weighted by atomic mass is 9.86. The molecular formula is C27H19F. The number of fused-ring (bicyclic) bond motifs is 2. The second-order valence-corrected chi connectivity index (χ2v) is 7.21. The Hall–Kier alpha value is -3.45. The number of benzene rings is 5. The summed E-state index contributed by atoms with van der Waals surface area (Å²) in [4.78, 5) is 0. The first-order chi connectivity index (χ1) is 13.7. The Bertz CT molecular complexity index is 1140. The molecule has 0 amide bonds. The summed E-state index contributed by atoms with van der Waals surface area (Å²) in [5.74, 6) is -0.214. The minimum Gasteiger partial charge on any atom is -0.207 e. The zero-order valence-corrected chi connectivity index (χ0v) is 15.6. The number of rotatable bonds is 2. The summed E-state index contributed by atoms with van der Waals surface area (Å²) in [6.45, 7) is 2.11. The van der Waals surface area contributed by atoms with Gasteiger partial charge in [-0.05, 0) is 62.9 Å². The van der Waals surface area contributed by atoms with Crippen molar-refractivity contribution in [1.82, 2.24) is 0 Å². The van der Waals surface area contributed by atoms with Crippen LogP contribution in [-0.2, 0) is 0 Å². The number of halogens is 1. The van der Waals surface area contributed by atoms with Crippen LogP contribution in [-0.4, -0.2) is 0 Å². The summed E-state index contributed by atoms with van der Waals surface area (Å²) >= 11 is 0. The van der Waals surface area contributed by atoms with E-state index in [4.69, 9.17) is 0 Å². The van der Waals surface area contributed by atoms with Gasteiger partial charge in [-0.3, -0.25) is 0 Å². The predicted octanol–water partition coefficient (Wildman–Crippen LogP) is 7.77. The molecule has 0 nitrogen and oxygen atoms in total. The van der Waals surface area contributed by atoms with Gasteiger partial charge in [0.25, 0.3) is 0 Å². The topological polar surface area (TPSA) is 0 Å². The van der Waals surface area contributed by atoms with E-state index in [0.29, 0.717) is 0 Å². The van der Waals surface area contributed by atoms with Crippen LogP contribution < -0.4 is 0 Å². The van der Waals surface area contributed by atoms with Crippen LogP contribution in [0.4, 0.5) is 4.39 Å². The highest BCUT2D eigenvalue weighted by atomic mass is 19.1. The molecule has 0 aliphatic carbocycles. The summed E-state index contributed by atoms with van der Waals surface area (Å²) in [7, 11) is 0. The van der Waals surface area contributed by atoms with Crippen LogP contribution in [0.25, 0.3) is 43.8 Å². The normalized spacial score (nSPS) is 11.2. The molecule has 0 unspecified atom stereocenters. The van der Waals surface area contributed by atoms with E-state index in [-0.39, 0.29) is 5.82 Å². The van der Waals surface area contributed by atoms with Gasteiger partial charge in [0, 0.05) is 0 Å². The number of hydrogen-bond acceptors (Lipinski definition) is 0. The van der Waals surface area contributed by atoms with Gasteiger partial charge in [0.05, 0.1) is 0 Å². The smallest absolute Gasteiger partial charge is 0.123 e. The van der Waals surface area contributed by atoms with Crippen molar-refractivity contribution in [3.8, 4) is 22.3 Å². The van der Waals surface area contributed by atoms with Gasteiger partial charge in [0.2, 0.25) is 0 Å². The molecule has 134 valence electrons. The highest BCUT2D eigenvalue weighted by Crippen LogP contribution is 2.43. The van der Waals surface area contributed by atoms with Crippen LogP contribution in [0.3, 0.4) is 0 Å². The Kier molecular flexibility index (Phi) is 3.95. The zero-order valence-electron chi connectivity index (χ0n) is 15.6. The first-order valence-corrected chi connectivity index (χ1v) is 9.49. The SMILES string of the molecule is Cc1ccc(-c2c3ccccc3c(-c3ccc(F)cc3)c3ccccc23)cc1. The van der Waals surface area contributed by atoms with Crippen LogP contribution in [0.2, 0.25) is 0 Å². The summed E-state index contributed by atoms with van der Waals surface area (Å²) in [5, 5.41) is 4.79. The maximum atomic E-state index is 13.5. The molecule has 28 heavy (non-hydrogen) atoms. The van der Waals surface area contributed by atoms with Gasteiger partial charge < -0.3 is 0 Å². The monoisotopic (exact) mass is 362 g/mol. The average Bonchev–Trinajstić information content (AvgIpc) is 2.74. The van der Waals surface area contributed by atoms with E-state index in [1.807, 2.05) is 12.1 Å². The van der Waals surface area contributed by atoms with Crippen molar-refractivity contribution in [3.05, 3.63) is 108 Å². The molecule has 0 atom stereocenters. The standard InChI is InChI=1S/C27H19F/c1-18-10-12-19(13-11-18)26-22-6-2-4-8-24(22)27(20-14-16-21(28)17-15-20)25-9-5-3-7-23(25)26/h2-17H,1H3. The Labute approximate surface area is 163 Å². The molecule has 5 aromatic carbocycles. The molecule has 0 aliphatic heterocycles. The number of hydrogen-bond donors (Lipinski definition) is 0. The molecule has 5 aromatic rings. The quantitative estimate of drug-likeness (QED) is 0.281. The molecule has 0 aromatic heterocycles. The largest absolute Gasteiger partial charge is 0.207 e. The van der Waals surface area contributed by atoms with Gasteiger partial charge in [-0.2, -0.15) is 0 Å². The second kappa shape index (κ2) is 6.61. The molecule has 0 saturated carbocycles. The fourth-order valence-electron chi connectivity index (χ4n) is 4.09. The summed E-state index contributed by atoms with van der Waals surface area (Å²) in [6.07, 6.45) is 0. The predicted molar refractivity (Wildman–Crippen MR) is 117 cm³/mol. The molecule has 1 heteroatoms. The molecule has 0 N–H and O–H groups in total. The van der Waals surface area contributed by atoms with E-state index in [1.165, 1.54) is 50.4 Å². The minimum absolute atomic E-state index is 0.214. The Morgan fingerprint density at radius 1 is 0.464 bits per heavy atom. The lowest BCUT2D eigenvalue weighted by Crippen LogP contribution is -1.91. The molecule has 0 saturated heterocycles. The maximum absolute atomic E-state index is 13.5. The summed E-state index contributed by atoms with van der Waals surface area (Å²) in [6, 6.07) is 32.5. The summed E-state index contributed by atoms with van der Waals surface area (Å²) in [5.41, 5.74) is 5.90. The van der Waals surface area contributed by atoms with Gasteiger partial charge in [-0.1, -0.05) is 90.5 Å². The van der Waals surface area contributed by atoms with Crippen LogP contribution in [0.5, 0.6) is 0 Å². The van der Waals surface area contributed by atoms with Crippen molar-refractivity contribution in [2.75, 3.05) is 0 Å². The second-order valence-electron chi connectivity index (χ2n) is 7.21. The molecule has 0 aliphatic rings. The third-order valence-electron chi connectivity index (χ3n) is 5.40. The van der Waals surface area contributed by atoms with Crippen molar-refractivity contribution in [2.45, 2.75) is 6.92 Å². The molecule has 0 heterocycles. The van der Waals surface area contributed by atoms with Gasteiger partial charge in [0.15, 0.2) is 0 Å². The number of aryl methyl sites for hydroxylation is 1. The maximum Gasteiger partial charge on any atom is 0.123 e. The highest BCUT2D eigenvalue weighted by molar-refractivity contribution is 6.21. The van der Waals surface area contributed by atoms with Gasteiger partial charge in [-0.15, -0.1) is 0 Å². The third-order valence-corrected chi connectivity index (χ3v) is 5.40. The van der Waals surface area contributed by atoms with Gasteiger partial charge >= 0.3 is 0 Å². The van der Waals surface area contributed by atoms with E-state index in [1.54, 1.807) is 0 Å². The molecule has 0 radical (unpaired) electrons. The average molecular weight is 362 g/mol. The molecule has 5 rings (SSSR count). The van der Waals surface area contributed by atoms with Crippen molar-refractivity contribution in [3.63, 3.8) is 0 Å². The first-order valence-electron chi connectivity index (χ1n) is 9.49. The van der Waals surface area contributed by atoms with E-state index >= 15 is 0 Å². The van der Waals surface area contributed by atoms with E-state index in [2.05, 4.69) is 79.7 Å². The fourth-order valence-corrected chi connectivity index (χ4v) is 4.09. The van der Waals surface area contributed by atoms with E-state index < -0.39 is 0 Å². The zero-order chi connectivity index (χ0) is 19.1. The van der Waals surface area contributed by atoms with Crippen LogP contribution in [0, 0.1) is 12.7 Å². The van der Waals surface area contributed by atoms with E-state index in [9.17, 15) is 4.39 Å². The van der Waals surface area contributed by atoms with Crippen LogP contribution in [0.15, 0.2) is 97.1 Å². The molecule has 0 spiro atoms. The Morgan fingerprint density at radius 3 is 1.21 bits per heavy atom. The van der Waals surface area contributed by atoms with Crippen molar-refractivity contribution in [1.29, 1.82) is 0 Å². The molecule has 0 bridgehead atoms. The van der Waals surface area contributed by atoms with E-state index in [0.717, 1.165) is 11.1 Å². The molecular weight excluding hydrogens is 343 g/mol. The third kappa shape index (κ3) is 2.68. The first kappa shape index (κ1) is 16.7. The van der Waals surface area contributed by atoms with Gasteiger partial charge in [-0.25, -0.2) is 4.39 Å². The Morgan fingerprint density at radius 2 is 0.821 bits per heavy atom. The lowest BCUT2D eigenvalue weighted by molar-refractivity contribution is 0.628. The highest BCUT2D eigenvalue weighted by Gasteiger charge is 2.16. The van der Waals surface area contributed by atoms with Crippen LogP contribution in [0.1, 0.15) is 5.56 Å². The molecule has 0 fully saturated rings. The van der Waals surface area contributed by atoms with Crippen molar-refractivity contribution in [2.24, 2.45) is 0 Å². The Balaban J connectivity index is 1.96. The van der Waals surface area contributed by atoms with Crippen molar-refractivity contribution < 1.29 is 4.39 Å². The fraction of sp³-hybridized carbons (Fsp3) is 0.0370. The minimum atomic E-state index is -0.214. The van der Waals surface area contributed by atoms with Crippen LogP contribution >= 0.6 is 0 Å². The summed E-state index contributed by atoms with van der Waals surface area (Å²) < 4.78 is 13.5.